The first kappa shape index (κ1) is 15.6. The molecular weight excluding hydrogens is 288 g/mol. The number of hydrogen-bond acceptors (Lipinski definition) is 3. The number of nitrogens with zero attached hydrogens (tertiary/aromatic N) is 2. The second kappa shape index (κ2) is 6.84. The van der Waals surface area contributed by atoms with Gasteiger partial charge < -0.3 is 14.4 Å². The van der Waals surface area contributed by atoms with Crippen molar-refractivity contribution < 1.29 is 9.84 Å². The van der Waals surface area contributed by atoms with Gasteiger partial charge in [0.2, 0.25) is 0 Å². The molecule has 0 fully saturated rings. The van der Waals surface area contributed by atoms with Crippen LogP contribution in [0.25, 0.3) is 11.0 Å². The van der Waals surface area contributed by atoms with E-state index >= 15 is 0 Å². The molecule has 0 radical (unpaired) electrons. The van der Waals surface area contributed by atoms with Crippen LogP contribution in [0, 0.1) is 6.92 Å². The number of aliphatic hydroxyl groups is 1. The number of aliphatic hydroxyl groups excluding tert-OH is 1. The van der Waals surface area contributed by atoms with Crippen LogP contribution in [0.2, 0.25) is 0 Å². The summed E-state index contributed by atoms with van der Waals surface area (Å²) in [5.74, 6) is 1.77. The largest absolute Gasteiger partial charge is 0.491 e. The number of benzene rings is 2. The SMILES string of the molecule is CCc1nc2ccccc2n1CC(O)COc1cccc(C)c1. The van der Waals surface area contributed by atoms with Gasteiger partial charge in [-0.25, -0.2) is 4.98 Å². The molecule has 0 aliphatic carbocycles. The molecule has 0 bridgehead atoms. The Labute approximate surface area is 136 Å². The summed E-state index contributed by atoms with van der Waals surface area (Å²) in [5.41, 5.74) is 3.17. The van der Waals surface area contributed by atoms with Crippen molar-refractivity contribution in [1.82, 2.24) is 9.55 Å². The molecule has 0 aliphatic heterocycles. The van der Waals surface area contributed by atoms with Crippen LogP contribution in [-0.2, 0) is 13.0 Å². The highest BCUT2D eigenvalue weighted by Crippen LogP contribution is 2.18. The number of aromatic nitrogens is 2. The van der Waals surface area contributed by atoms with Crippen molar-refractivity contribution in [3.8, 4) is 5.75 Å². The average molecular weight is 310 g/mol. The lowest BCUT2D eigenvalue weighted by Gasteiger charge is -2.15. The first-order valence-corrected chi connectivity index (χ1v) is 7.99. The summed E-state index contributed by atoms with van der Waals surface area (Å²) >= 11 is 0. The maximum atomic E-state index is 10.4. The number of imidazole rings is 1. The minimum Gasteiger partial charge on any atom is -0.491 e. The number of para-hydroxylation sites is 2. The zero-order chi connectivity index (χ0) is 16.2. The number of aryl methyl sites for hydroxylation is 2. The lowest BCUT2D eigenvalue weighted by Crippen LogP contribution is -2.24. The van der Waals surface area contributed by atoms with Crippen LogP contribution >= 0.6 is 0 Å². The zero-order valence-electron chi connectivity index (χ0n) is 13.6. The third-order valence-corrected chi connectivity index (χ3v) is 3.88. The van der Waals surface area contributed by atoms with E-state index in [0.29, 0.717) is 6.54 Å². The predicted octanol–water partition coefficient (Wildman–Crippen LogP) is 3.35. The summed E-state index contributed by atoms with van der Waals surface area (Å²) in [4.78, 5) is 4.63. The molecule has 0 aliphatic rings. The van der Waals surface area contributed by atoms with Crippen LogP contribution < -0.4 is 4.74 Å². The fraction of sp³-hybridized carbons (Fsp3) is 0.316. The van der Waals surface area contributed by atoms with Crippen molar-refractivity contribution in [2.45, 2.75) is 32.9 Å². The summed E-state index contributed by atoms with van der Waals surface area (Å²) in [6.45, 7) is 4.84. The monoisotopic (exact) mass is 310 g/mol. The second-order valence-corrected chi connectivity index (χ2v) is 5.76. The molecule has 0 spiro atoms. The van der Waals surface area contributed by atoms with Crippen LogP contribution in [0.5, 0.6) is 5.75 Å². The maximum Gasteiger partial charge on any atom is 0.119 e. The molecule has 0 saturated carbocycles. The van der Waals surface area contributed by atoms with Gasteiger partial charge in [-0.05, 0) is 36.8 Å². The van der Waals surface area contributed by atoms with E-state index in [2.05, 4.69) is 16.5 Å². The van der Waals surface area contributed by atoms with Crippen LogP contribution in [0.3, 0.4) is 0 Å². The molecule has 4 heteroatoms. The quantitative estimate of drug-likeness (QED) is 0.759. The standard InChI is InChI=1S/C19H22N2O2/c1-3-19-20-17-9-4-5-10-18(17)21(19)12-15(22)13-23-16-8-6-7-14(2)11-16/h4-11,15,22H,3,12-13H2,1-2H3. The third kappa shape index (κ3) is 3.54. The van der Waals surface area contributed by atoms with Gasteiger partial charge in [0.05, 0.1) is 17.6 Å². The third-order valence-electron chi connectivity index (χ3n) is 3.88. The molecule has 120 valence electrons. The van der Waals surface area contributed by atoms with E-state index < -0.39 is 6.10 Å². The fourth-order valence-corrected chi connectivity index (χ4v) is 2.76. The maximum absolute atomic E-state index is 10.4. The van der Waals surface area contributed by atoms with Crippen LogP contribution in [0.4, 0.5) is 0 Å². The molecule has 23 heavy (non-hydrogen) atoms. The van der Waals surface area contributed by atoms with Gasteiger partial charge in [-0.1, -0.05) is 31.2 Å². The highest BCUT2D eigenvalue weighted by molar-refractivity contribution is 5.75. The lowest BCUT2D eigenvalue weighted by molar-refractivity contribution is 0.0927. The zero-order valence-corrected chi connectivity index (χ0v) is 13.6. The molecular formula is C19H22N2O2. The first-order valence-electron chi connectivity index (χ1n) is 7.99. The predicted molar refractivity (Wildman–Crippen MR) is 91.8 cm³/mol. The Hall–Kier alpha value is -2.33. The Morgan fingerprint density at radius 2 is 2.00 bits per heavy atom. The molecule has 1 aromatic heterocycles. The van der Waals surface area contributed by atoms with Gasteiger partial charge in [0, 0.05) is 6.42 Å². The van der Waals surface area contributed by atoms with Gasteiger partial charge in [-0.15, -0.1) is 0 Å². The normalized spacial score (nSPS) is 12.5. The lowest BCUT2D eigenvalue weighted by atomic mass is 10.2. The topological polar surface area (TPSA) is 47.3 Å². The molecule has 1 unspecified atom stereocenters. The Bertz CT molecular complexity index is 795. The van der Waals surface area contributed by atoms with E-state index in [1.165, 1.54) is 0 Å². The molecule has 3 rings (SSSR count). The first-order chi connectivity index (χ1) is 11.2. The van der Waals surface area contributed by atoms with Crippen LogP contribution in [0.1, 0.15) is 18.3 Å². The summed E-state index contributed by atoms with van der Waals surface area (Å²) < 4.78 is 7.78. The summed E-state index contributed by atoms with van der Waals surface area (Å²) in [6.07, 6.45) is 0.249. The molecule has 1 N–H and O–H groups in total. The Morgan fingerprint density at radius 1 is 1.17 bits per heavy atom. The van der Waals surface area contributed by atoms with Gasteiger partial charge in [0.15, 0.2) is 0 Å². The van der Waals surface area contributed by atoms with Crippen molar-refractivity contribution in [2.24, 2.45) is 0 Å². The Balaban J connectivity index is 1.71. The minimum atomic E-state index is -0.585. The summed E-state index contributed by atoms with van der Waals surface area (Å²) in [7, 11) is 0. The Morgan fingerprint density at radius 3 is 2.78 bits per heavy atom. The van der Waals surface area contributed by atoms with E-state index in [1.54, 1.807) is 0 Å². The van der Waals surface area contributed by atoms with Crippen molar-refractivity contribution >= 4 is 11.0 Å². The van der Waals surface area contributed by atoms with E-state index in [9.17, 15) is 5.11 Å². The van der Waals surface area contributed by atoms with Gasteiger partial charge in [-0.3, -0.25) is 0 Å². The Kier molecular flexibility index (Phi) is 4.63. The molecule has 1 heterocycles. The van der Waals surface area contributed by atoms with Gasteiger partial charge in [0.1, 0.15) is 24.3 Å². The molecule has 3 aromatic rings. The summed E-state index contributed by atoms with van der Waals surface area (Å²) in [6, 6.07) is 15.9. The van der Waals surface area contributed by atoms with Gasteiger partial charge in [0.25, 0.3) is 0 Å². The molecule has 2 aromatic carbocycles. The number of hydrogen-bond donors (Lipinski definition) is 1. The van der Waals surface area contributed by atoms with Crippen molar-refractivity contribution in [3.05, 3.63) is 59.9 Å². The minimum absolute atomic E-state index is 0.263. The smallest absolute Gasteiger partial charge is 0.119 e. The second-order valence-electron chi connectivity index (χ2n) is 5.76. The van der Waals surface area contributed by atoms with Crippen molar-refractivity contribution in [1.29, 1.82) is 0 Å². The highest BCUT2D eigenvalue weighted by Gasteiger charge is 2.13. The molecule has 4 nitrogen and oxygen atoms in total. The van der Waals surface area contributed by atoms with Gasteiger partial charge >= 0.3 is 0 Å². The molecule has 1 atom stereocenters. The summed E-state index contributed by atoms with van der Waals surface area (Å²) in [5, 5.41) is 10.4. The van der Waals surface area contributed by atoms with E-state index in [0.717, 1.165) is 34.6 Å². The van der Waals surface area contributed by atoms with E-state index in [4.69, 9.17) is 4.74 Å². The number of fused-ring (bicyclic) bond motifs is 1. The van der Waals surface area contributed by atoms with E-state index in [1.807, 2.05) is 55.5 Å². The van der Waals surface area contributed by atoms with Gasteiger partial charge in [-0.2, -0.15) is 0 Å². The van der Waals surface area contributed by atoms with E-state index in [-0.39, 0.29) is 6.61 Å². The molecule has 0 amide bonds. The highest BCUT2D eigenvalue weighted by atomic mass is 16.5. The van der Waals surface area contributed by atoms with Crippen molar-refractivity contribution in [3.63, 3.8) is 0 Å². The average Bonchev–Trinajstić information content (AvgIpc) is 2.91. The number of ether oxygens (including phenoxy) is 1. The van der Waals surface area contributed by atoms with Crippen molar-refractivity contribution in [2.75, 3.05) is 6.61 Å². The number of rotatable bonds is 6. The van der Waals surface area contributed by atoms with Crippen LogP contribution in [0.15, 0.2) is 48.5 Å². The van der Waals surface area contributed by atoms with Crippen LogP contribution in [-0.4, -0.2) is 27.4 Å². The fourth-order valence-electron chi connectivity index (χ4n) is 2.76. The molecule has 0 saturated heterocycles.